The summed E-state index contributed by atoms with van der Waals surface area (Å²) < 4.78 is 0.984. The highest BCUT2D eigenvalue weighted by atomic mass is 79.9. The molecule has 1 aromatic rings. The quantitative estimate of drug-likeness (QED) is 0.603. The van der Waals surface area contributed by atoms with E-state index in [0.717, 1.165) is 24.6 Å². The summed E-state index contributed by atoms with van der Waals surface area (Å²) in [4.78, 5) is 11.7. The van der Waals surface area contributed by atoms with Crippen LogP contribution in [0.15, 0.2) is 6.07 Å². The van der Waals surface area contributed by atoms with Crippen LogP contribution in [0.4, 0.5) is 0 Å². The molecule has 0 spiro atoms. The highest BCUT2D eigenvalue weighted by molar-refractivity contribution is 9.09. The standard InChI is InChI=1S/C10H12BrCl2NOS/c11-4-2-1-3-5-14-10(15)7-6-8(12)16-9(7)13/h6H,1-5H2,(H,14,15). The van der Waals surface area contributed by atoms with Crippen LogP contribution in [0.1, 0.15) is 29.6 Å². The molecular formula is C10H12BrCl2NOS. The predicted octanol–water partition coefficient (Wildman–Crippen LogP) is 4.35. The first kappa shape index (κ1) is 14.3. The lowest BCUT2D eigenvalue weighted by atomic mass is 10.2. The number of hydrogen-bond acceptors (Lipinski definition) is 2. The summed E-state index contributed by atoms with van der Waals surface area (Å²) in [6.45, 7) is 0.676. The van der Waals surface area contributed by atoms with Crippen molar-refractivity contribution < 1.29 is 4.79 Å². The first-order valence-electron chi connectivity index (χ1n) is 4.94. The molecule has 0 saturated heterocycles. The summed E-state index contributed by atoms with van der Waals surface area (Å²) in [7, 11) is 0. The minimum Gasteiger partial charge on any atom is -0.352 e. The van der Waals surface area contributed by atoms with Crippen LogP contribution in [0.25, 0.3) is 0 Å². The number of rotatable bonds is 6. The molecule has 90 valence electrons. The van der Waals surface area contributed by atoms with Gasteiger partial charge >= 0.3 is 0 Å². The summed E-state index contributed by atoms with van der Waals surface area (Å²) >= 11 is 16.2. The van der Waals surface area contributed by atoms with Crippen LogP contribution in [0.3, 0.4) is 0 Å². The zero-order valence-electron chi connectivity index (χ0n) is 8.56. The largest absolute Gasteiger partial charge is 0.352 e. The molecule has 0 aliphatic rings. The summed E-state index contributed by atoms with van der Waals surface area (Å²) in [6.07, 6.45) is 3.21. The highest BCUT2D eigenvalue weighted by Gasteiger charge is 2.13. The minimum absolute atomic E-state index is 0.146. The van der Waals surface area contributed by atoms with Crippen molar-refractivity contribution in [1.29, 1.82) is 0 Å². The fourth-order valence-electron chi connectivity index (χ4n) is 1.19. The van der Waals surface area contributed by atoms with Crippen LogP contribution in [-0.4, -0.2) is 17.8 Å². The molecule has 0 saturated carbocycles. The van der Waals surface area contributed by atoms with E-state index in [0.29, 0.717) is 20.8 Å². The zero-order valence-corrected chi connectivity index (χ0v) is 12.5. The molecule has 1 aromatic heterocycles. The van der Waals surface area contributed by atoms with Crippen LogP contribution in [0.5, 0.6) is 0 Å². The van der Waals surface area contributed by atoms with Crippen LogP contribution in [-0.2, 0) is 0 Å². The predicted molar refractivity (Wildman–Crippen MR) is 74.3 cm³/mol. The van der Waals surface area contributed by atoms with Gasteiger partial charge < -0.3 is 5.32 Å². The van der Waals surface area contributed by atoms with Crippen LogP contribution < -0.4 is 5.32 Å². The summed E-state index contributed by atoms with van der Waals surface area (Å²) in [6, 6.07) is 1.60. The monoisotopic (exact) mass is 343 g/mol. The Labute approximate surface area is 117 Å². The molecule has 1 amide bonds. The van der Waals surface area contributed by atoms with Crippen molar-refractivity contribution >= 4 is 56.4 Å². The second-order valence-corrected chi connectivity index (χ2v) is 6.32. The van der Waals surface area contributed by atoms with E-state index < -0.39 is 0 Å². The van der Waals surface area contributed by atoms with E-state index in [1.165, 1.54) is 11.3 Å². The van der Waals surface area contributed by atoms with E-state index in [-0.39, 0.29) is 5.91 Å². The Kier molecular flexibility index (Phi) is 6.73. The van der Waals surface area contributed by atoms with Gasteiger partial charge in [-0.2, -0.15) is 0 Å². The van der Waals surface area contributed by atoms with Gasteiger partial charge in [-0.05, 0) is 18.9 Å². The lowest BCUT2D eigenvalue weighted by molar-refractivity contribution is 0.0953. The van der Waals surface area contributed by atoms with Crippen LogP contribution >= 0.6 is 50.5 Å². The Morgan fingerprint density at radius 3 is 2.69 bits per heavy atom. The molecule has 0 unspecified atom stereocenters. The van der Waals surface area contributed by atoms with Gasteiger partial charge in [0.15, 0.2) is 0 Å². The number of nitrogens with one attached hydrogen (secondary N) is 1. The van der Waals surface area contributed by atoms with Gasteiger partial charge in [0.2, 0.25) is 0 Å². The van der Waals surface area contributed by atoms with Crippen molar-refractivity contribution in [2.24, 2.45) is 0 Å². The number of carbonyl (C=O) groups excluding carboxylic acids is 1. The van der Waals surface area contributed by atoms with E-state index in [1.807, 2.05) is 0 Å². The maximum absolute atomic E-state index is 11.7. The molecule has 0 fully saturated rings. The normalized spacial score (nSPS) is 10.4. The van der Waals surface area contributed by atoms with Gasteiger partial charge in [0.05, 0.1) is 9.90 Å². The second kappa shape index (κ2) is 7.54. The molecule has 16 heavy (non-hydrogen) atoms. The Morgan fingerprint density at radius 2 is 2.12 bits per heavy atom. The zero-order chi connectivity index (χ0) is 12.0. The molecule has 0 bridgehead atoms. The average Bonchev–Trinajstić information content (AvgIpc) is 2.57. The summed E-state index contributed by atoms with van der Waals surface area (Å²) in [5.74, 6) is -0.146. The van der Waals surface area contributed by atoms with Crippen molar-refractivity contribution in [3.63, 3.8) is 0 Å². The van der Waals surface area contributed by atoms with Gasteiger partial charge in [0.25, 0.3) is 5.91 Å². The molecule has 0 aliphatic heterocycles. The van der Waals surface area contributed by atoms with Gasteiger partial charge in [-0.1, -0.05) is 45.6 Å². The van der Waals surface area contributed by atoms with E-state index in [4.69, 9.17) is 23.2 Å². The molecule has 1 N–H and O–H groups in total. The Morgan fingerprint density at radius 1 is 1.38 bits per heavy atom. The number of alkyl halides is 1. The Hall–Kier alpha value is 0.230. The third-order valence-corrected chi connectivity index (χ3v) is 4.05. The molecule has 1 rings (SSSR count). The first-order chi connectivity index (χ1) is 7.65. The van der Waals surface area contributed by atoms with E-state index in [1.54, 1.807) is 6.07 Å². The number of hydrogen-bond donors (Lipinski definition) is 1. The number of unbranched alkanes of at least 4 members (excludes halogenated alkanes) is 2. The van der Waals surface area contributed by atoms with Gasteiger partial charge in [0.1, 0.15) is 4.34 Å². The van der Waals surface area contributed by atoms with Crippen molar-refractivity contribution in [3.05, 3.63) is 20.3 Å². The highest BCUT2D eigenvalue weighted by Crippen LogP contribution is 2.30. The van der Waals surface area contributed by atoms with Gasteiger partial charge in [0, 0.05) is 11.9 Å². The maximum Gasteiger partial charge on any atom is 0.253 e. The summed E-state index contributed by atoms with van der Waals surface area (Å²) in [5, 5.41) is 3.83. The van der Waals surface area contributed by atoms with Gasteiger partial charge in [-0.3, -0.25) is 4.79 Å². The number of amides is 1. The minimum atomic E-state index is -0.146. The van der Waals surface area contributed by atoms with Crippen molar-refractivity contribution in [3.8, 4) is 0 Å². The van der Waals surface area contributed by atoms with Crippen molar-refractivity contribution in [2.45, 2.75) is 19.3 Å². The van der Waals surface area contributed by atoms with Crippen molar-refractivity contribution in [1.82, 2.24) is 5.32 Å². The Bertz CT molecular complexity index is 357. The fraction of sp³-hybridized carbons (Fsp3) is 0.500. The third kappa shape index (κ3) is 4.62. The molecule has 0 atom stereocenters. The SMILES string of the molecule is O=C(NCCCCCBr)c1cc(Cl)sc1Cl. The molecule has 0 radical (unpaired) electrons. The molecular weight excluding hydrogens is 333 g/mol. The number of thiophene rings is 1. The van der Waals surface area contributed by atoms with Crippen LogP contribution in [0, 0.1) is 0 Å². The second-order valence-electron chi connectivity index (χ2n) is 3.24. The van der Waals surface area contributed by atoms with Gasteiger partial charge in [-0.25, -0.2) is 0 Å². The Balaban J connectivity index is 2.33. The molecule has 0 aliphatic carbocycles. The van der Waals surface area contributed by atoms with E-state index >= 15 is 0 Å². The number of carbonyl (C=O) groups is 1. The van der Waals surface area contributed by atoms with E-state index in [2.05, 4.69) is 21.2 Å². The molecule has 2 nitrogen and oxygen atoms in total. The maximum atomic E-state index is 11.7. The van der Waals surface area contributed by atoms with E-state index in [9.17, 15) is 4.79 Å². The average molecular weight is 345 g/mol. The topological polar surface area (TPSA) is 29.1 Å². The molecule has 0 aromatic carbocycles. The number of halogens is 3. The van der Waals surface area contributed by atoms with Gasteiger partial charge in [-0.15, -0.1) is 11.3 Å². The molecule has 1 heterocycles. The molecule has 6 heteroatoms. The lowest BCUT2D eigenvalue weighted by Gasteiger charge is -2.03. The fourth-order valence-corrected chi connectivity index (χ4v) is 3.04. The summed E-state index contributed by atoms with van der Waals surface area (Å²) in [5.41, 5.74) is 0.470. The van der Waals surface area contributed by atoms with Crippen molar-refractivity contribution in [2.75, 3.05) is 11.9 Å². The third-order valence-electron chi connectivity index (χ3n) is 2.00. The lowest BCUT2D eigenvalue weighted by Crippen LogP contribution is -2.24. The van der Waals surface area contributed by atoms with Crippen LogP contribution in [0.2, 0.25) is 8.67 Å². The smallest absolute Gasteiger partial charge is 0.253 e. The first-order valence-corrected chi connectivity index (χ1v) is 7.63.